The van der Waals surface area contributed by atoms with E-state index in [4.69, 9.17) is 28.4 Å². The number of aliphatic hydroxyl groups excluding tert-OH is 1. The van der Waals surface area contributed by atoms with E-state index in [1.54, 1.807) is 33.3 Å². The zero-order chi connectivity index (χ0) is 41.6. The first-order valence-electron chi connectivity index (χ1n) is 19.1. The Morgan fingerprint density at radius 1 is 0.684 bits per heavy atom. The molecule has 11 nitrogen and oxygen atoms in total. The molecule has 0 aliphatic carbocycles. The van der Waals surface area contributed by atoms with Gasteiger partial charge >= 0.3 is 0 Å². The first kappa shape index (κ1) is 46.0. The fraction of sp³-hybridized carbons (Fsp3) is 0.413. The highest BCUT2D eigenvalue weighted by Crippen LogP contribution is 2.30. The summed E-state index contributed by atoms with van der Waals surface area (Å²) in [6, 6.07) is 27.3. The van der Waals surface area contributed by atoms with Crippen LogP contribution in [0.2, 0.25) is 0 Å². The summed E-state index contributed by atoms with van der Waals surface area (Å²) < 4.78 is 33.5. The van der Waals surface area contributed by atoms with Gasteiger partial charge in [-0.2, -0.15) is 0 Å². The summed E-state index contributed by atoms with van der Waals surface area (Å²) in [6.45, 7) is 2.26. The molecule has 0 fully saturated rings. The zero-order valence-electron chi connectivity index (χ0n) is 34.7. The van der Waals surface area contributed by atoms with Crippen molar-refractivity contribution >= 4 is 5.91 Å². The molecule has 0 aliphatic rings. The number of aryl methyl sites for hydroxylation is 3. The predicted octanol–water partition coefficient (Wildman–Crippen LogP) is 6.45. The maximum atomic E-state index is 13.1. The number of carbonyl (C=O) groups excluding carboxylic acids is 1. The number of amides is 1. The van der Waals surface area contributed by atoms with E-state index < -0.39 is 6.10 Å². The molecule has 1 amide bonds. The van der Waals surface area contributed by atoms with Gasteiger partial charge in [0.2, 0.25) is 0 Å². The molecule has 11 heteroatoms. The maximum Gasteiger partial charge on any atom is 0.260 e. The Bertz CT molecular complexity index is 1810. The molecule has 4 rings (SSSR count). The number of methoxy groups -OCH3 is 4. The van der Waals surface area contributed by atoms with E-state index in [0.29, 0.717) is 55.7 Å². The number of aliphatic hydroxyl groups is 1. The topological polar surface area (TPSA) is 111 Å². The largest absolute Gasteiger partial charge is 0.493 e. The molecule has 308 valence electrons. The fourth-order valence-electron chi connectivity index (χ4n) is 6.49. The number of rotatable bonds is 24. The van der Waals surface area contributed by atoms with Crippen LogP contribution >= 0.6 is 0 Å². The van der Waals surface area contributed by atoms with E-state index in [-0.39, 0.29) is 18.4 Å². The van der Waals surface area contributed by atoms with E-state index in [1.165, 1.54) is 5.56 Å². The molecular weight excluding hydrogens is 723 g/mol. The molecule has 2 unspecified atom stereocenters. The van der Waals surface area contributed by atoms with Crippen molar-refractivity contribution in [2.75, 3.05) is 82.6 Å². The van der Waals surface area contributed by atoms with Crippen LogP contribution in [0.5, 0.6) is 34.5 Å². The molecule has 0 bridgehead atoms. The van der Waals surface area contributed by atoms with Gasteiger partial charge in [-0.05, 0) is 117 Å². The zero-order valence-corrected chi connectivity index (χ0v) is 34.7. The van der Waals surface area contributed by atoms with Gasteiger partial charge in [-0.15, -0.1) is 12.8 Å². The number of benzene rings is 4. The van der Waals surface area contributed by atoms with Crippen molar-refractivity contribution in [2.24, 2.45) is 5.92 Å². The van der Waals surface area contributed by atoms with E-state index in [2.05, 4.69) is 35.2 Å². The van der Waals surface area contributed by atoms with Crippen LogP contribution in [0.4, 0.5) is 0 Å². The molecule has 4 aromatic rings. The highest BCUT2D eigenvalue weighted by Gasteiger charge is 2.18. The summed E-state index contributed by atoms with van der Waals surface area (Å²) in [4.78, 5) is 17.0. The number of ether oxygens (including phenoxy) is 6. The van der Waals surface area contributed by atoms with E-state index in [1.807, 2.05) is 93.9 Å². The summed E-state index contributed by atoms with van der Waals surface area (Å²) in [7, 11) is 12.4. The molecule has 0 saturated carbocycles. The Kier molecular flexibility index (Phi) is 20.1. The predicted molar refractivity (Wildman–Crippen MR) is 226 cm³/mol. The number of nitrogens with one attached hydrogen (secondary N) is 1. The number of hydrogen-bond donors (Lipinski definition) is 2. The van der Waals surface area contributed by atoms with Gasteiger partial charge < -0.3 is 43.3 Å². The van der Waals surface area contributed by atoms with Crippen LogP contribution in [0.15, 0.2) is 84.9 Å². The summed E-state index contributed by atoms with van der Waals surface area (Å²) in [5, 5.41) is 14.3. The van der Waals surface area contributed by atoms with Crippen molar-refractivity contribution in [2.45, 2.75) is 38.2 Å². The third-order valence-corrected chi connectivity index (χ3v) is 9.39. The van der Waals surface area contributed by atoms with Crippen LogP contribution in [0, 0.1) is 18.8 Å². The number of hydrogen-bond acceptors (Lipinski definition) is 10. The lowest BCUT2D eigenvalue weighted by atomic mass is 10.0. The minimum Gasteiger partial charge on any atom is -0.493 e. The van der Waals surface area contributed by atoms with Crippen molar-refractivity contribution in [1.29, 1.82) is 0 Å². The Morgan fingerprint density at radius 2 is 1.25 bits per heavy atom. The van der Waals surface area contributed by atoms with Crippen molar-refractivity contribution in [3.63, 3.8) is 0 Å². The highest BCUT2D eigenvalue weighted by atomic mass is 16.5. The number of likely N-dealkylation sites (N-methyl/N-ethyl adjacent to an activating group) is 1. The second-order valence-corrected chi connectivity index (χ2v) is 13.9. The van der Waals surface area contributed by atoms with Gasteiger partial charge in [0.05, 0.1) is 34.5 Å². The Labute approximate surface area is 339 Å². The van der Waals surface area contributed by atoms with Gasteiger partial charge in [-0.1, -0.05) is 36.4 Å². The van der Waals surface area contributed by atoms with Crippen LogP contribution in [-0.4, -0.2) is 103 Å². The summed E-state index contributed by atoms with van der Waals surface area (Å²) in [5.41, 5.74) is 4.20. The second-order valence-electron chi connectivity index (χ2n) is 13.9. The van der Waals surface area contributed by atoms with Crippen molar-refractivity contribution < 1.29 is 38.3 Å². The molecule has 0 aliphatic heterocycles. The van der Waals surface area contributed by atoms with Gasteiger partial charge in [0.1, 0.15) is 18.2 Å². The van der Waals surface area contributed by atoms with Gasteiger partial charge in [0.25, 0.3) is 5.91 Å². The SMILES string of the molecule is C#C.COc1ccc(CCCc2cccc(OCC(=O)N(C)CC(CNCOc3cccc(C(O)CCc4ccc(OC)c(OC)c4)c3)CN(C)C)c2)cc1OC. The van der Waals surface area contributed by atoms with Crippen LogP contribution in [0.3, 0.4) is 0 Å². The molecule has 2 atom stereocenters. The number of terminal acetylenes is 1. The number of carbonyl (C=O) groups is 1. The summed E-state index contributed by atoms with van der Waals surface area (Å²) in [5.74, 6) is 4.24. The lowest BCUT2D eigenvalue weighted by Gasteiger charge is -2.27. The Balaban J connectivity index is 0.00000428. The Morgan fingerprint density at radius 3 is 1.84 bits per heavy atom. The minimum atomic E-state index is -0.642. The van der Waals surface area contributed by atoms with Crippen LogP contribution in [0.1, 0.15) is 41.2 Å². The molecule has 0 saturated heterocycles. The van der Waals surface area contributed by atoms with Gasteiger partial charge in [0.15, 0.2) is 29.6 Å². The third kappa shape index (κ3) is 15.6. The monoisotopic (exact) mass is 783 g/mol. The van der Waals surface area contributed by atoms with Gasteiger partial charge in [-0.25, -0.2) is 0 Å². The fourth-order valence-corrected chi connectivity index (χ4v) is 6.49. The second kappa shape index (κ2) is 25.0. The smallest absolute Gasteiger partial charge is 0.260 e. The Hall–Kier alpha value is -5.41. The molecule has 57 heavy (non-hydrogen) atoms. The van der Waals surface area contributed by atoms with Gasteiger partial charge in [0, 0.05) is 32.6 Å². The van der Waals surface area contributed by atoms with Crippen LogP contribution in [0.25, 0.3) is 0 Å². The number of nitrogens with zero attached hydrogens (tertiary/aromatic N) is 2. The highest BCUT2D eigenvalue weighted by molar-refractivity contribution is 5.77. The molecule has 4 aromatic carbocycles. The molecule has 2 N–H and O–H groups in total. The lowest BCUT2D eigenvalue weighted by molar-refractivity contribution is -0.132. The first-order valence-corrected chi connectivity index (χ1v) is 19.1. The molecule has 0 radical (unpaired) electrons. The van der Waals surface area contributed by atoms with Gasteiger partial charge in [-0.3, -0.25) is 10.1 Å². The van der Waals surface area contributed by atoms with E-state index in [0.717, 1.165) is 54.0 Å². The van der Waals surface area contributed by atoms with Crippen LogP contribution < -0.4 is 33.7 Å². The lowest BCUT2D eigenvalue weighted by Crippen LogP contribution is -2.42. The molecule has 0 heterocycles. The van der Waals surface area contributed by atoms with E-state index >= 15 is 0 Å². The summed E-state index contributed by atoms with van der Waals surface area (Å²) in [6.07, 6.45) is 11.3. The average Bonchev–Trinajstić information content (AvgIpc) is 3.23. The minimum absolute atomic E-state index is 0.0344. The van der Waals surface area contributed by atoms with Crippen molar-refractivity contribution in [3.05, 3.63) is 107 Å². The third-order valence-electron chi connectivity index (χ3n) is 9.39. The quantitative estimate of drug-likeness (QED) is 0.0468. The molecular formula is C46H61N3O8. The maximum absolute atomic E-state index is 13.1. The van der Waals surface area contributed by atoms with Crippen molar-refractivity contribution in [1.82, 2.24) is 15.1 Å². The molecule has 0 spiro atoms. The summed E-state index contributed by atoms with van der Waals surface area (Å²) >= 11 is 0. The van der Waals surface area contributed by atoms with Crippen LogP contribution in [-0.2, 0) is 24.1 Å². The van der Waals surface area contributed by atoms with E-state index in [9.17, 15) is 9.90 Å². The first-order chi connectivity index (χ1) is 27.6. The van der Waals surface area contributed by atoms with Crippen molar-refractivity contribution in [3.8, 4) is 47.3 Å². The standard InChI is InChI=1S/C44H59N3O8.C2H2/c1-46(2)28-35(27-45-31-55-38-16-10-14-36(26-38)39(48)20-17-34-19-22-41(51-5)43(25-34)53-7)29-47(3)44(49)30-54-37-15-9-13-32(23-37)11-8-12-33-18-21-40(50-4)42(24-33)52-6;1-2/h9-10,13-16,18-19,21-26,35,39,45,48H,8,11-12,17,20,27-31H2,1-7H3;1-2H. The normalized spacial score (nSPS) is 11.8. The average molecular weight is 784 g/mol. The molecule has 0 aromatic heterocycles.